The highest BCUT2D eigenvalue weighted by molar-refractivity contribution is 6.43. The van der Waals surface area contributed by atoms with Gasteiger partial charge in [0.25, 0.3) is 0 Å². The Labute approximate surface area is 126 Å². The lowest BCUT2D eigenvalue weighted by Crippen LogP contribution is -2.55. The van der Waals surface area contributed by atoms with Gasteiger partial charge in [-0.1, -0.05) is 13.0 Å². The first kappa shape index (κ1) is 13.7. The van der Waals surface area contributed by atoms with Crippen molar-refractivity contribution in [2.75, 3.05) is 6.61 Å². The van der Waals surface area contributed by atoms with Crippen molar-refractivity contribution in [2.24, 2.45) is 29.1 Å². The van der Waals surface area contributed by atoms with E-state index >= 15 is 0 Å². The van der Waals surface area contributed by atoms with Crippen molar-refractivity contribution in [3.05, 3.63) is 12.2 Å². The van der Waals surface area contributed by atoms with Crippen molar-refractivity contribution in [1.29, 1.82) is 0 Å². The minimum atomic E-state index is -0.291. The van der Waals surface area contributed by atoms with Gasteiger partial charge in [0.15, 0.2) is 0 Å². The standard InChI is InChI=1S/C18H24O3/c1-17-8-6-15(19)16(20)14(17)4-3-11-12(17)5-9-18(2)13(11)7-10-21-18/h6,8,11-14H,3-5,7,9-10H2,1-2H3/t11-,12+,13+,14?,17-,18+/m1/s1. The van der Waals surface area contributed by atoms with E-state index in [0.717, 1.165) is 38.7 Å². The normalized spacial score (nSPS) is 52.3. The predicted octanol–water partition coefficient (Wildman–Crippen LogP) is 2.93. The first-order valence-electron chi connectivity index (χ1n) is 8.37. The molecule has 1 heterocycles. The van der Waals surface area contributed by atoms with Crippen LogP contribution >= 0.6 is 0 Å². The van der Waals surface area contributed by atoms with E-state index in [1.165, 1.54) is 0 Å². The fourth-order valence-corrected chi connectivity index (χ4v) is 5.96. The molecule has 0 aromatic heterocycles. The third-order valence-electron chi connectivity index (χ3n) is 7.12. The van der Waals surface area contributed by atoms with Crippen LogP contribution < -0.4 is 0 Å². The minimum Gasteiger partial charge on any atom is -0.375 e. The summed E-state index contributed by atoms with van der Waals surface area (Å²) in [6.45, 7) is 5.38. The number of ether oxygens (including phenoxy) is 1. The van der Waals surface area contributed by atoms with Gasteiger partial charge in [-0.2, -0.15) is 0 Å². The smallest absolute Gasteiger partial charge is 0.221 e. The van der Waals surface area contributed by atoms with Gasteiger partial charge in [-0.3, -0.25) is 9.59 Å². The quantitative estimate of drug-likeness (QED) is 0.644. The zero-order valence-electron chi connectivity index (χ0n) is 12.9. The van der Waals surface area contributed by atoms with Gasteiger partial charge in [-0.05, 0) is 68.3 Å². The molecular weight excluding hydrogens is 264 g/mol. The van der Waals surface area contributed by atoms with Crippen molar-refractivity contribution in [3.8, 4) is 0 Å². The summed E-state index contributed by atoms with van der Waals surface area (Å²) in [4.78, 5) is 24.0. The second kappa shape index (κ2) is 4.28. The highest BCUT2D eigenvalue weighted by Crippen LogP contribution is 2.61. The fourth-order valence-electron chi connectivity index (χ4n) is 5.96. The molecule has 4 rings (SSSR count). The van der Waals surface area contributed by atoms with Crippen molar-refractivity contribution < 1.29 is 14.3 Å². The molecule has 3 heteroatoms. The molecule has 1 aliphatic heterocycles. The lowest BCUT2D eigenvalue weighted by molar-refractivity contribution is -0.148. The zero-order valence-corrected chi connectivity index (χ0v) is 12.9. The number of Topliss-reactive ketones (excluding diaryl/α,β-unsaturated/α-hetero) is 1. The molecule has 4 aliphatic rings. The lowest BCUT2D eigenvalue weighted by atomic mass is 9.47. The summed E-state index contributed by atoms with van der Waals surface area (Å²) < 4.78 is 6.06. The molecule has 1 unspecified atom stereocenters. The second-order valence-corrected chi connectivity index (χ2v) is 7.92. The summed E-state index contributed by atoms with van der Waals surface area (Å²) in [6, 6.07) is 0. The number of ketones is 2. The van der Waals surface area contributed by atoms with Gasteiger partial charge in [0.2, 0.25) is 11.6 Å². The van der Waals surface area contributed by atoms with Crippen molar-refractivity contribution in [3.63, 3.8) is 0 Å². The van der Waals surface area contributed by atoms with Gasteiger partial charge in [-0.25, -0.2) is 0 Å². The first-order valence-corrected chi connectivity index (χ1v) is 8.37. The van der Waals surface area contributed by atoms with Gasteiger partial charge in [0, 0.05) is 12.5 Å². The van der Waals surface area contributed by atoms with Crippen LogP contribution in [-0.4, -0.2) is 23.8 Å². The number of carbonyl (C=O) groups is 2. The van der Waals surface area contributed by atoms with Crippen molar-refractivity contribution in [1.82, 2.24) is 0 Å². The third kappa shape index (κ3) is 1.70. The summed E-state index contributed by atoms with van der Waals surface area (Å²) in [5, 5.41) is 0. The Kier molecular flexibility index (Phi) is 2.79. The summed E-state index contributed by atoms with van der Waals surface area (Å²) in [7, 11) is 0. The Hall–Kier alpha value is -0.960. The van der Waals surface area contributed by atoms with E-state index in [-0.39, 0.29) is 28.5 Å². The number of rotatable bonds is 0. The van der Waals surface area contributed by atoms with Crippen LogP contribution in [0.2, 0.25) is 0 Å². The predicted molar refractivity (Wildman–Crippen MR) is 78.7 cm³/mol. The molecule has 2 saturated carbocycles. The molecule has 0 spiro atoms. The molecule has 0 bridgehead atoms. The van der Waals surface area contributed by atoms with Crippen LogP contribution in [0.3, 0.4) is 0 Å². The number of allylic oxidation sites excluding steroid dienone is 2. The Balaban J connectivity index is 1.72. The Bertz CT molecular complexity index is 537. The summed E-state index contributed by atoms with van der Waals surface area (Å²) >= 11 is 0. The topological polar surface area (TPSA) is 43.4 Å². The van der Waals surface area contributed by atoms with Crippen LogP contribution in [0.15, 0.2) is 12.2 Å². The van der Waals surface area contributed by atoms with Gasteiger partial charge < -0.3 is 4.74 Å². The zero-order chi connectivity index (χ0) is 14.8. The van der Waals surface area contributed by atoms with E-state index < -0.39 is 0 Å². The molecule has 0 aromatic rings. The molecule has 6 atom stereocenters. The molecule has 3 aliphatic carbocycles. The number of hydrogen-bond acceptors (Lipinski definition) is 3. The van der Waals surface area contributed by atoms with Crippen LogP contribution in [0.5, 0.6) is 0 Å². The van der Waals surface area contributed by atoms with Crippen LogP contribution in [-0.2, 0) is 14.3 Å². The van der Waals surface area contributed by atoms with Gasteiger partial charge in [0.05, 0.1) is 5.60 Å². The molecule has 21 heavy (non-hydrogen) atoms. The van der Waals surface area contributed by atoms with E-state index in [9.17, 15) is 9.59 Å². The van der Waals surface area contributed by atoms with Gasteiger partial charge in [-0.15, -0.1) is 0 Å². The van der Waals surface area contributed by atoms with E-state index in [2.05, 4.69) is 19.9 Å². The molecule has 0 N–H and O–H groups in total. The Morgan fingerprint density at radius 1 is 1.10 bits per heavy atom. The fraction of sp³-hybridized carbons (Fsp3) is 0.778. The third-order valence-corrected chi connectivity index (χ3v) is 7.12. The molecule has 3 fully saturated rings. The average Bonchev–Trinajstić information content (AvgIpc) is 2.85. The van der Waals surface area contributed by atoms with E-state index in [4.69, 9.17) is 4.74 Å². The van der Waals surface area contributed by atoms with Crippen molar-refractivity contribution in [2.45, 2.75) is 51.6 Å². The number of fused-ring (bicyclic) bond motifs is 5. The molecule has 114 valence electrons. The van der Waals surface area contributed by atoms with Crippen molar-refractivity contribution >= 4 is 11.6 Å². The minimum absolute atomic E-state index is 0.0581. The monoisotopic (exact) mass is 288 g/mol. The molecule has 0 aromatic carbocycles. The largest absolute Gasteiger partial charge is 0.375 e. The Morgan fingerprint density at radius 2 is 1.90 bits per heavy atom. The molecular formula is C18H24O3. The number of carbonyl (C=O) groups excluding carboxylic acids is 2. The van der Waals surface area contributed by atoms with Crippen LogP contribution in [0.1, 0.15) is 46.0 Å². The maximum absolute atomic E-state index is 12.3. The summed E-state index contributed by atoms with van der Waals surface area (Å²) in [5.74, 6) is 1.30. The maximum atomic E-state index is 12.3. The van der Waals surface area contributed by atoms with E-state index in [0.29, 0.717) is 17.8 Å². The molecule has 0 radical (unpaired) electrons. The number of hydrogen-bond donors (Lipinski definition) is 0. The molecule has 1 saturated heterocycles. The summed E-state index contributed by atoms with van der Waals surface area (Å²) in [5.41, 5.74) is -0.0552. The lowest BCUT2D eigenvalue weighted by Gasteiger charge is -2.56. The SMILES string of the molecule is C[C@]12C=CC(=O)C(=O)C1CC[C@@H]1[C@@H]2CC[C@]2(C)OCC[C@@H]12. The summed E-state index contributed by atoms with van der Waals surface area (Å²) in [6.07, 6.45) is 8.94. The van der Waals surface area contributed by atoms with Gasteiger partial charge >= 0.3 is 0 Å². The Morgan fingerprint density at radius 3 is 2.71 bits per heavy atom. The first-order chi connectivity index (χ1) is 9.96. The van der Waals surface area contributed by atoms with Crippen LogP contribution in [0.25, 0.3) is 0 Å². The van der Waals surface area contributed by atoms with Crippen LogP contribution in [0.4, 0.5) is 0 Å². The molecule has 3 nitrogen and oxygen atoms in total. The molecule has 0 amide bonds. The van der Waals surface area contributed by atoms with Gasteiger partial charge in [0.1, 0.15) is 0 Å². The average molecular weight is 288 g/mol. The van der Waals surface area contributed by atoms with E-state index in [1.807, 2.05) is 0 Å². The highest BCUT2D eigenvalue weighted by Gasteiger charge is 2.59. The van der Waals surface area contributed by atoms with Crippen LogP contribution in [0, 0.1) is 29.1 Å². The second-order valence-electron chi connectivity index (χ2n) is 7.92. The van der Waals surface area contributed by atoms with E-state index in [1.54, 1.807) is 6.08 Å². The highest BCUT2D eigenvalue weighted by atomic mass is 16.5. The maximum Gasteiger partial charge on any atom is 0.221 e.